The van der Waals surface area contributed by atoms with Crippen LogP contribution in [0.3, 0.4) is 0 Å². The summed E-state index contributed by atoms with van der Waals surface area (Å²) in [5.41, 5.74) is 6.15. The number of aryl methyl sites for hydroxylation is 2. The Morgan fingerprint density at radius 3 is 2.80 bits per heavy atom. The van der Waals surface area contributed by atoms with Crippen molar-refractivity contribution < 1.29 is 0 Å². The molecule has 0 saturated heterocycles. The highest BCUT2D eigenvalue weighted by Crippen LogP contribution is 2.35. The molecule has 0 unspecified atom stereocenters. The number of nitrogens with one attached hydrogen (secondary N) is 1. The van der Waals surface area contributed by atoms with Gasteiger partial charge in [0.15, 0.2) is 0 Å². The first-order chi connectivity index (χ1) is 9.72. The number of hydrogen-bond donors (Lipinski definition) is 1. The first-order valence-electron chi connectivity index (χ1n) is 7.56. The lowest BCUT2D eigenvalue weighted by molar-refractivity contribution is 0.709. The Morgan fingerprint density at radius 2 is 2.00 bits per heavy atom. The molecule has 0 bridgehead atoms. The SMILES string of the molecule is CCNc1c2c(nc3c(C)c(Cl)ccc13)CCCCC2. The highest BCUT2D eigenvalue weighted by atomic mass is 35.5. The molecule has 1 aliphatic rings. The summed E-state index contributed by atoms with van der Waals surface area (Å²) in [6.45, 7) is 5.15. The quantitative estimate of drug-likeness (QED) is 0.795. The highest BCUT2D eigenvalue weighted by molar-refractivity contribution is 6.32. The molecule has 0 amide bonds. The number of hydrogen-bond acceptors (Lipinski definition) is 2. The van der Waals surface area contributed by atoms with Gasteiger partial charge < -0.3 is 5.32 Å². The van der Waals surface area contributed by atoms with Crippen LogP contribution < -0.4 is 5.32 Å². The second-order valence-corrected chi connectivity index (χ2v) is 5.98. The van der Waals surface area contributed by atoms with E-state index in [0.29, 0.717) is 0 Å². The molecule has 0 aliphatic heterocycles. The minimum Gasteiger partial charge on any atom is -0.384 e. The third-order valence-corrected chi connectivity index (χ3v) is 4.63. The van der Waals surface area contributed by atoms with Crippen molar-refractivity contribution >= 4 is 28.2 Å². The molecule has 0 radical (unpaired) electrons. The molecule has 106 valence electrons. The van der Waals surface area contributed by atoms with Crippen LogP contribution in [0.25, 0.3) is 10.9 Å². The minimum absolute atomic E-state index is 0.807. The van der Waals surface area contributed by atoms with E-state index >= 15 is 0 Å². The van der Waals surface area contributed by atoms with Crippen molar-refractivity contribution in [2.75, 3.05) is 11.9 Å². The van der Waals surface area contributed by atoms with Crippen molar-refractivity contribution in [3.63, 3.8) is 0 Å². The highest BCUT2D eigenvalue weighted by Gasteiger charge is 2.18. The maximum Gasteiger partial charge on any atom is 0.0770 e. The first kappa shape index (κ1) is 13.7. The average Bonchev–Trinajstić information content (AvgIpc) is 2.68. The molecule has 1 aromatic heterocycles. The van der Waals surface area contributed by atoms with Crippen LogP contribution in [0.2, 0.25) is 5.02 Å². The van der Waals surface area contributed by atoms with Gasteiger partial charge >= 0.3 is 0 Å². The molecule has 0 spiro atoms. The van der Waals surface area contributed by atoms with Crippen molar-refractivity contribution in [3.8, 4) is 0 Å². The van der Waals surface area contributed by atoms with Crippen molar-refractivity contribution in [2.24, 2.45) is 0 Å². The molecular weight excluding hydrogens is 268 g/mol. The molecule has 0 fully saturated rings. The van der Waals surface area contributed by atoms with Gasteiger partial charge in [-0.1, -0.05) is 18.0 Å². The molecule has 20 heavy (non-hydrogen) atoms. The minimum atomic E-state index is 0.807. The summed E-state index contributed by atoms with van der Waals surface area (Å²) in [4.78, 5) is 4.95. The summed E-state index contributed by atoms with van der Waals surface area (Å²) >= 11 is 6.27. The van der Waals surface area contributed by atoms with Gasteiger partial charge in [0, 0.05) is 28.3 Å². The fourth-order valence-corrected chi connectivity index (χ4v) is 3.31. The fraction of sp³-hybridized carbons (Fsp3) is 0.471. The molecule has 1 aromatic carbocycles. The van der Waals surface area contributed by atoms with Gasteiger partial charge in [-0.25, -0.2) is 0 Å². The van der Waals surface area contributed by atoms with Crippen molar-refractivity contribution in [1.29, 1.82) is 0 Å². The van der Waals surface area contributed by atoms with Crippen LogP contribution in [0.15, 0.2) is 12.1 Å². The number of rotatable bonds is 2. The second-order valence-electron chi connectivity index (χ2n) is 5.57. The largest absolute Gasteiger partial charge is 0.384 e. The van der Waals surface area contributed by atoms with Gasteiger partial charge in [-0.15, -0.1) is 0 Å². The predicted molar refractivity (Wildman–Crippen MR) is 86.9 cm³/mol. The summed E-state index contributed by atoms with van der Waals surface area (Å²) in [5.74, 6) is 0. The Kier molecular flexibility index (Phi) is 3.84. The van der Waals surface area contributed by atoms with E-state index in [9.17, 15) is 0 Å². The standard InChI is InChI=1S/C17H21ClN2/c1-3-19-17-12-7-5-4-6-8-15(12)20-16-11(2)14(18)10-9-13(16)17/h9-10H,3-8H2,1-2H3,(H,19,20). The molecule has 0 saturated carbocycles. The van der Waals surface area contributed by atoms with Gasteiger partial charge in [-0.05, 0) is 62.8 Å². The van der Waals surface area contributed by atoms with E-state index in [4.69, 9.17) is 16.6 Å². The molecular formula is C17H21ClN2. The smallest absolute Gasteiger partial charge is 0.0770 e. The van der Waals surface area contributed by atoms with E-state index in [1.165, 1.54) is 41.6 Å². The summed E-state index contributed by atoms with van der Waals surface area (Å²) in [7, 11) is 0. The van der Waals surface area contributed by atoms with E-state index in [1.807, 2.05) is 6.07 Å². The fourth-order valence-electron chi connectivity index (χ4n) is 3.16. The molecule has 3 rings (SSSR count). The average molecular weight is 289 g/mol. The monoisotopic (exact) mass is 288 g/mol. The molecule has 3 heteroatoms. The third kappa shape index (κ3) is 2.26. The number of pyridine rings is 1. The molecule has 0 atom stereocenters. The lowest BCUT2D eigenvalue weighted by atomic mass is 10.00. The van der Waals surface area contributed by atoms with Crippen LogP contribution in [0, 0.1) is 6.92 Å². The van der Waals surface area contributed by atoms with Gasteiger partial charge in [0.25, 0.3) is 0 Å². The zero-order valence-electron chi connectivity index (χ0n) is 12.2. The summed E-state index contributed by atoms with van der Waals surface area (Å²) < 4.78 is 0. The van der Waals surface area contributed by atoms with Crippen molar-refractivity contribution in [1.82, 2.24) is 4.98 Å². The topological polar surface area (TPSA) is 24.9 Å². The first-order valence-corrected chi connectivity index (χ1v) is 7.94. The number of anilines is 1. The van der Waals surface area contributed by atoms with Crippen LogP contribution in [-0.2, 0) is 12.8 Å². The zero-order valence-corrected chi connectivity index (χ0v) is 13.0. The number of nitrogens with zero attached hydrogens (tertiary/aromatic N) is 1. The van der Waals surface area contributed by atoms with E-state index in [0.717, 1.165) is 35.5 Å². The molecule has 2 nitrogen and oxygen atoms in total. The maximum atomic E-state index is 6.27. The second kappa shape index (κ2) is 5.61. The zero-order chi connectivity index (χ0) is 14.1. The lowest BCUT2D eigenvalue weighted by Gasteiger charge is -2.17. The number of halogens is 1. The van der Waals surface area contributed by atoms with Gasteiger partial charge in [0.2, 0.25) is 0 Å². The third-order valence-electron chi connectivity index (χ3n) is 4.23. The number of aromatic nitrogens is 1. The Labute approximate surface area is 125 Å². The van der Waals surface area contributed by atoms with Crippen LogP contribution in [0.1, 0.15) is 43.0 Å². The van der Waals surface area contributed by atoms with Gasteiger partial charge in [0.1, 0.15) is 0 Å². The maximum absolute atomic E-state index is 6.27. The predicted octanol–water partition coefficient (Wildman–Crippen LogP) is 4.90. The van der Waals surface area contributed by atoms with Crippen molar-refractivity contribution in [2.45, 2.75) is 46.0 Å². The number of benzene rings is 1. The van der Waals surface area contributed by atoms with E-state index in [1.54, 1.807) is 0 Å². The van der Waals surface area contributed by atoms with Gasteiger partial charge in [-0.3, -0.25) is 4.98 Å². The number of fused-ring (bicyclic) bond motifs is 2. The molecule has 1 heterocycles. The van der Waals surface area contributed by atoms with E-state index < -0.39 is 0 Å². The van der Waals surface area contributed by atoms with Crippen molar-refractivity contribution in [3.05, 3.63) is 34.0 Å². The van der Waals surface area contributed by atoms with E-state index in [-0.39, 0.29) is 0 Å². The molecule has 1 N–H and O–H groups in total. The summed E-state index contributed by atoms with van der Waals surface area (Å²) in [6.07, 6.45) is 6.05. The lowest BCUT2D eigenvalue weighted by Crippen LogP contribution is -2.07. The summed E-state index contributed by atoms with van der Waals surface area (Å²) in [6, 6.07) is 4.10. The Balaban J connectivity index is 2.32. The van der Waals surface area contributed by atoms with Gasteiger partial charge in [-0.2, -0.15) is 0 Å². The van der Waals surface area contributed by atoms with Crippen LogP contribution >= 0.6 is 11.6 Å². The van der Waals surface area contributed by atoms with Gasteiger partial charge in [0.05, 0.1) is 5.52 Å². The van der Waals surface area contributed by atoms with Crippen LogP contribution in [0.4, 0.5) is 5.69 Å². The van der Waals surface area contributed by atoms with Crippen LogP contribution in [-0.4, -0.2) is 11.5 Å². The molecule has 1 aliphatic carbocycles. The Bertz CT molecular complexity index is 649. The normalized spacial score (nSPS) is 14.9. The Hall–Kier alpha value is -1.28. The summed E-state index contributed by atoms with van der Waals surface area (Å²) in [5, 5.41) is 5.59. The van der Waals surface area contributed by atoms with Crippen LogP contribution in [0.5, 0.6) is 0 Å². The Morgan fingerprint density at radius 1 is 1.20 bits per heavy atom. The molecule has 2 aromatic rings. The van der Waals surface area contributed by atoms with E-state index in [2.05, 4.69) is 25.2 Å².